The molecule has 1 atom stereocenters. The molecule has 0 heterocycles. The maximum atomic E-state index is 11.5. The molecule has 1 aromatic rings. The molecule has 0 aromatic heterocycles. The largest absolute Gasteiger partial charge is 0.508 e. The summed E-state index contributed by atoms with van der Waals surface area (Å²) in [6.45, 7) is 5.72. The minimum absolute atomic E-state index is 0.104. The van der Waals surface area contributed by atoms with Crippen LogP contribution in [0.4, 0.5) is 0 Å². The molecule has 0 saturated carbocycles. The number of carbonyl (C=O) groups is 1. The standard InChI is InChI=1S/C12H15ClO2/c1-8(2)12(3,11(13)15)9-4-6-10(14)7-5-9/h4-8,14H,1-3H3. The molecule has 1 unspecified atom stereocenters. The topological polar surface area (TPSA) is 37.3 Å². The van der Waals surface area contributed by atoms with Crippen LogP contribution in [0.3, 0.4) is 0 Å². The summed E-state index contributed by atoms with van der Waals surface area (Å²) in [6, 6.07) is 6.59. The first-order valence-electron chi connectivity index (χ1n) is 4.88. The van der Waals surface area contributed by atoms with Crippen molar-refractivity contribution in [3.8, 4) is 5.75 Å². The van der Waals surface area contributed by atoms with Crippen molar-refractivity contribution in [1.82, 2.24) is 0 Å². The van der Waals surface area contributed by atoms with Gasteiger partial charge in [-0.1, -0.05) is 26.0 Å². The number of phenols is 1. The van der Waals surface area contributed by atoms with Gasteiger partial charge in [-0.2, -0.15) is 0 Å². The van der Waals surface area contributed by atoms with Gasteiger partial charge in [0.25, 0.3) is 0 Å². The van der Waals surface area contributed by atoms with E-state index in [2.05, 4.69) is 0 Å². The second-order valence-corrected chi connectivity index (χ2v) is 4.52. The fourth-order valence-corrected chi connectivity index (χ4v) is 1.81. The van der Waals surface area contributed by atoms with Gasteiger partial charge in [0.1, 0.15) is 5.75 Å². The lowest BCUT2D eigenvalue weighted by Gasteiger charge is -2.30. The van der Waals surface area contributed by atoms with E-state index >= 15 is 0 Å². The minimum atomic E-state index is -0.699. The molecule has 82 valence electrons. The lowest BCUT2D eigenvalue weighted by Crippen LogP contribution is -2.34. The van der Waals surface area contributed by atoms with Crippen molar-refractivity contribution in [3.63, 3.8) is 0 Å². The molecule has 0 spiro atoms. The quantitative estimate of drug-likeness (QED) is 0.805. The van der Waals surface area contributed by atoms with Gasteiger partial charge >= 0.3 is 0 Å². The van der Waals surface area contributed by atoms with Gasteiger partial charge in [-0.15, -0.1) is 0 Å². The molecular weight excluding hydrogens is 212 g/mol. The molecule has 15 heavy (non-hydrogen) atoms. The van der Waals surface area contributed by atoms with Crippen LogP contribution in [-0.4, -0.2) is 10.3 Å². The lowest BCUT2D eigenvalue weighted by molar-refractivity contribution is -0.117. The van der Waals surface area contributed by atoms with E-state index in [4.69, 9.17) is 11.6 Å². The van der Waals surface area contributed by atoms with E-state index in [1.807, 2.05) is 20.8 Å². The number of halogens is 1. The zero-order valence-electron chi connectivity index (χ0n) is 9.12. The summed E-state index contributed by atoms with van der Waals surface area (Å²) in [5.41, 5.74) is 0.130. The highest BCUT2D eigenvalue weighted by Crippen LogP contribution is 2.34. The highest BCUT2D eigenvalue weighted by molar-refractivity contribution is 6.65. The Bertz CT molecular complexity index is 356. The number of phenolic OH excluding ortho intramolecular Hbond substituents is 1. The third-order valence-electron chi connectivity index (χ3n) is 3.03. The number of benzene rings is 1. The molecule has 1 rings (SSSR count). The zero-order chi connectivity index (χ0) is 11.6. The van der Waals surface area contributed by atoms with Gasteiger partial charge in [0.05, 0.1) is 5.41 Å². The van der Waals surface area contributed by atoms with Gasteiger partial charge in [-0.25, -0.2) is 0 Å². The third-order valence-corrected chi connectivity index (χ3v) is 3.42. The van der Waals surface area contributed by atoms with E-state index in [-0.39, 0.29) is 16.9 Å². The van der Waals surface area contributed by atoms with Gasteiger partial charge in [0.15, 0.2) is 0 Å². The lowest BCUT2D eigenvalue weighted by atomic mass is 9.74. The van der Waals surface area contributed by atoms with Crippen LogP contribution in [0.1, 0.15) is 26.3 Å². The molecule has 2 nitrogen and oxygen atoms in total. The molecule has 0 aliphatic carbocycles. The first-order chi connectivity index (χ1) is 6.89. The van der Waals surface area contributed by atoms with Crippen LogP contribution in [0.5, 0.6) is 5.75 Å². The van der Waals surface area contributed by atoms with Gasteiger partial charge in [0, 0.05) is 0 Å². The van der Waals surface area contributed by atoms with Crippen LogP contribution in [0.2, 0.25) is 0 Å². The molecular formula is C12H15ClO2. The number of hydrogen-bond donors (Lipinski definition) is 1. The molecule has 0 saturated heterocycles. The van der Waals surface area contributed by atoms with E-state index in [1.54, 1.807) is 24.3 Å². The summed E-state index contributed by atoms with van der Waals surface area (Å²) < 4.78 is 0. The first kappa shape index (κ1) is 12.1. The monoisotopic (exact) mass is 226 g/mol. The molecule has 3 heteroatoms. The predicted octanol–water partition coefficient (Wildman–Crippen LogP) is 3.07. The highest BCUT2D eigenvalue weighted by Gasteiger charge is 2.37. The van der Waals surface area contributed by atoms with Crippen LogP contribution < -0.4 is 0 Å². The second-order valence-electron chi connectivity index (χ2n) is 4.18. The Morgan fingerprint density at radius 1 is 1.33 bits per heavy atom. The van der Waals surface area contributed by atoms with Crippen molar-refractivity contribution in [3.05, 3.63) is 29.8 Å². The maximum absolute atomic E-state index is 11.5. The molecule has 1 N–H and O–H groups in total. The van der Waals surface area contributed by atoms with E-state index in [0.29, 0.717) is 0 Å². The molecule has 0 radical (unpaired) electrons. The van der Waals surface area contributed by atoms with E-state index in [9.17, 15) is 9.90 Å². The Morgan fingerprint density at radius 2 is 1.80 bits per heavy atom. The molecule has 0 aliphatic rings. The van der Waals surface area contributed by atoms with Crippen LogP contribution in [0.15, 0.2) is 24.3 Å². The summed E-state index contributed by atoms with van der Waals surface area (Å²) in [5, 5.41) is 8.81. The van der Waals surface area contributed by atoms with Crippen molar-refractivity contribution in [2.75, 3.05) is 0 Å². The Labute approximate surface area is 94.9 Å². The summed E-state index contributed by atoms with van der Waals surface area (Å²) >= 11 is 5.65. The van der Waals surface area contributed by atoms with E-state index in [1.165, 1.54) is 0 Å². The number of aromatic hydroxyl groups is 1. The summed E-state index contributed by atoms with van der Waals surface area (Å²) in [6.07, 6.45) is 0. The molecule has 1 aromatic carbocycles. The Hall–Kier alpha value is -1.02. The van der Waals surface area contributed by atoms with Crippen LogP contribution in [0.25, 0.3) is 0 Å². The maximum Gasteiger partial charge on any atom is 0.232 e. The average Bonchev–Trinajstić information content (AvgIpc) is 2.17. The fourth-order valence-electron chi connectivity index (χ4n) is 1.48. The molecule has 0 bridgehead atoms. The van der Waals surface area contributed by atoms with Crippen molar-refractivity contribution >= 4 is 16.8 Å². The van der Waals surface area contributed by atoms with Crippen molar-refractivity contribution in [2.24, 2.45) is 5.92 Å². The summed E-state index contributed by atoms with van der Waals surface area (Å²) in [7, 11) is 0. The molecule has 0 amide bonds. The zero-order valence-corrected chi connectivity index (χ0v) is 9.88. The van der Waals surface area contributed by atoms with Crippen molar-refractivity contribution in [1.29, 1.82) is 0 Å². The molecule has 0 aliphatic heterocycles. The number of rotatable bonds is 3. The van der Waals surface area contributed by atoms with Crippen molar-refractivity contribution < 1.29 is 9.90 Å². The van der Waals surface area contributed by atoms with Gasteiger partial charge in [-0.05, 0) is 42.1 Å². The average molecular weight is 227 g/mol. The molecule has 0 fully saturated rings. The SMILES string of the molecule is CC(C)C(C)(C(=O)Cl)c1ccc(O)cc1. The number of hydrogen-bond acceptors (Lipinski definition) is 2. The Kier molecular flexibility index (Phi) is 3.40. The summed E-state index contributed by atoms with van der Waals surface area (Å²) in [5.74, 6) is 0.291. The van der Waals surface area contributed by atoms with E-state index in [0.717, 1.165) is 5.56 Å². The second kappa shape index (κ2) is 4.23. The summed E-state index contributed by atoms with van der Waals surface area (Å²) in [4.78, 5) is 11.5. The van der Waals surface area contributed by atoms with Crippen LogP contribution in [0, 0.1) is 5.92 Å². The van der Waals surface area contributed by atoms with E-state index < -0.39 is 5.41 Å². The predicted molar refractivity (Wildman–Crippen MR) is 61.2 cm³/mol. The third kappa shape index (κ3) is 2.15. The minimum Gasteiger partial charge on any atom is -0.508 e. The fraction of sp³-hybridized carbons (Fsp3) is 0.417. The Balaban J connectivity index is 3.22. The number of carbonyl (C=O) groups excluding carboxylic acids is 1. The van der Waals surface area contributed by atoms with Crippen LogP contribution >= 0.6 is 11.6 Å². The van der Waals surface area contributed by atoms with Gasteiger partial charge in [-0.3, -0.25) is 4.79 Å². The highest BCUT2D eigenvalue weighted by atomic mass is 35.5. The van der Waals surface area contributed by atoms with Gasteiger partial charge < -0.3 is 5.11 Å². The van der Waals surface area contributed by atoms with Crippen LogP contribution in [-0.2, 0) is 10.2 Å². The van der Waals surface area contributed by atoms with Gasteiger partial charge in [0.2, 0.25) is 5.24 Å². The van der Waals surface area contributed by atoms with Crippen molar-refractivity contribution in [2.45, 2.75) is 26.2 Å². The first-order valence-corrected chi connectivity index (χ1v) is 5.26. The normalized spacial score (nSPS) is 15.0. The smallest absolute Gasteiger partial charge is 0.232 e. The Morgan fingerprint density at radius 3 is 2.13 bits per heavy atom.